The van der Waals surface area contributed by atoms with Crippen molar-refractivity contribution in [1.82, 2.24) is 0 Å². The monoisotopic (exact) mass is 185 g/mol. The third-order valence-electron chi connectivity index (χ3n) is 1.67. The number of nitrogens with one attached hydrogen (secondary N) is 1. The predicted octanol–water partition coefficient (Wildman–Crippen LogP) is 2.18. The zero-order valence-corrected chi connectivity index (χ0v) is 8.00. The maximum atomic E-state index is 11.2. The summed E-state index contributed by atoms with van der Waals surface area (Å²) in [5, 5.41) is 2.68. The second kappa shape index (κ2) is 4.29. The van der Waals surface area contributed by atoms with Crippen LogP contribution >= 0.6 is 0 Å². The number of amides is 1. The fourth-order valence-electron chi connectivity index (χ4n) is 0.925. The molecule has 0 unspecified atom stereocenters. The first kappa shape index (κ1) is 10.1. The summed E-state index contributed by atoms with van der Waals surface area (Å²) >= 11 is 0. The van der Waals surface area contributed by atoms with Crippen molar-refractivity contribution in [3.05, 3.63) is 42.0 Å². The zero-order valence-electron chi connectivity index (χ0n) is 8.00. The van der Waals surface area contributed by atoms with Crippen LogP contribution in [-0.2, 0) is 4.79 Å². The second-order valence-corrected chi connectivity index (χ2v) is 2.96. The van der Waals surface area contributed by atoms with Gasteiger partial charge in [0.15, 0.2) is 0 Å². The lowest BCUT2D eigenvalue weighted by Gasteiger charge is -2.04. The van der Waals surface area contributed by atoms with E-state index in [0.29, 0.717) is 11.3 Å². The number of rotatable bonds is 2. The molecule has 0 radical (unpaired) electrons. The summed E-state index contributed by atoms with van der Waals surface area (Å²) in [4.78, 5) is 11.2. The van der Waals surface area contributed by atoms with Crippen LogP contribution < -0.4 is 5.32 Å². The Balaban J connectivity index is 2.83. The number of hydrogen-bond acceptors (Lipinski definition) is 1. The van der Waals surface area contributed by atoms with Crippen LogP contribution in [-0.4, -0.2) is 5.91 Å². The van der Waals surface area contributed by atoms with Gasteiger partial charge >= 0.3 is 0 Å². The Bertz CT molecular complexity index is 413. The minimum atomic E-state index is -0.195. The van der Waals surface area contributed by atoms with Crippen LogP contribution in [0.3, 0.4) is 0 Å². The molecular weight excluding hydrogens is 174 g/mol. The van der Waals surface area contributed by atoms with Crippen molar-refractivity contribution in [2.24, 2.45) is 0 Å². The summed E-state index contributed by atoms with van der Waals surface area (Å²) in [5.74, 6) is 2.30. The molecule has 0 heterocycles. The second-order valence-electron chi connectivity index (χ2n) is 2.96. The van der Waals surface area contributed by atoms with Crippen molar-refractivity contribution < 1.29 is 4.79 Å². The maximum absolute atomic E-state index is 11.2. The van der Waals surface area contributed by atoms with E-state index >= 15 is 0 Å². The van der Waals surface area contributed by atoms with Crippen LogP contribution in [0.4, 0.5) is 5.69 Å². The van der Waals surface area contributed by atoms with Crippen LogP contribution in [0.1, 0.15) is 12.5 Å². The van der Waals surface area contributed by atoms with Crippen molar-refractivity contribution in [3.8, 4) is 12.3 Å². The molecule has 1 aromatic carbocycles. The summed E-state index contributed by atoms with van der Waals surface area (Å²) in [6.07, 6.45) is 5.23. The Hall–Kier alpha value is -2.01. The SMILES string of the molecule is C#Cc1cccc(NC(=O)C(=C)C)c1. The van der Waals surface area contributed by atoms with Crippen molar-refractivity contribution in [3.63, 3.8) is 0 Å². The molecule has 1 amide bonds. The third kappa shape index (κ3) is 2.49. The average molecular weight is 185 g/mol. The number of hydrogen-bond donors (Lipinski definition) is 1. The summed E-state index contributed by atoms with van der Waals surface area (Å²) in [7, 11) is 0. The summed E-state index contributed by atoms with van der Waals surface area (Å²) < 4.78 is 0. The van der Waals surface area contributed by atoms with Gasteiger partial charge in [-0.25, -0.2) is 0 Å². The number of terminal acetylenes is 1. The highest BCUT2D eigenvalue weighted by atomic mass is 16.1. The lowest BCUT2D eigenvalue weighted by molar-refractivity contribution is -0.112. The van der Waals surface area contributed by atoms with Gasteiger partial charge in [0, 0.05) is 16.8 Å². The highest BCUT2D eigenvalue weighted by Gasteiger charge is 2.01. The van der Waals surface area contributed by atoms with Crippen LogP contribution in [0.2, 0.25) is 0 Å². The minimum absolute atomic E-state index is 0.195. The predicted molar refractivity (Wildman–Crippen MR) is 57.8 cm³/mol. The van der Waals surface area contributed by atoms with E-state index in [0.717, 1.165) is 5.56 Å². The largest absolute Gasteiger partial charge is 0.322 e. The molecule has 14 heavy (non-hydrogen) atoms. The van der Waals surface area contributed by atoms with Crippen LogP contribution in [0.5, 0.6) is 0 Å². The molecule has 2 heteroatoms. The van der Waals surface area contributed by atoms with Gasteiger partial charge in [-0.2, -0.15) is 0 Å². The highest BCUT2D eigenvalue weighted by Crippen LogP contribution is 2.10. The number of benzene rings is 1. The summed E-state index contributed by atoms with van der Waals surface area (Å²) in [6, 6.07) is 7.11. The Kier molecular flexibility index (Phi) is 3.09. The topological polar surface area (TPSA) is 29.1 Å². The maximum Gasteiger partial charge on any atom is 0.250 e. The summed E-state index contributed by atoms with van der Waals surface area (Å²) in [6.45, 7) is 5.19. The van der Waals surface area contributed by atoms with Gasteiger partial charge in [-0.15, -0.1) is 6.42 Å². The first-order valence-corrected chi connectivity index (χ1v) is 4.17. The van der Waals surface area contributed by atoms with Crippen molar-refractivity contribution in [1.29, 1.82) is 0 Å². The fraction of sp³-hybridized carbons (Fsp3) is 0.0833. The van der Waals surface area contributed by atoms with Gasteiger partial charge in [0.1, 0.15) is 0 Å². The molecule has 2 nitrogen and oxygen atoms in total. The first-order valence-electron chi connectivity index (χ1n) is 4.17. The molecule has 0 aliphatic rings. The molecule has 0 aliphatic carbocycles. The van der Waals surface area contributed by atoms with E-state index in [1.807, 2.05) is 0 Å². The molecule has 1 rings (SSSR count). The third-order valence-corrected chi connectivity index (χ3v) is 1.67. The van der Waals surface area contributed by atoms with Crippen molar-refractivity contribution >= 4 is 11.6 Å². The molecule has 0 aromatic heterocycles. The van der Waals surface area contributed by atoms with Gasteiger partial charge in [-0.05, 0) is 25.1 Å². The standard InChI is InChI=1S/C12H11NO/c1-4-10-6-5-7-11(8-10)13-12(14)9(2)3/h1,5-8H,2H2,3H3,(H,13,14). The van der Waals surface area contributed by atoms with Gasteiger partial charge in [-0.1, -0.05) is 18.6 Å². The molecule has 0 saturated carbocycles. The fourth-order valence-corrected chi connectivity index (χ4v) is 0.925. The van der Waals surface area contributed by atoms with Gasteiger partial charge in [-0.3, -0.25) is 4.79 Å². The van der Waals surface area contributed by atoms with E-state index in [1.165, 1.54) is 0 Å². The molecular formula is C12H11NO. The molecule has 1 N–H and O–H groups in total. The Morgan fingerprint density at radius 2 is 2.29 bits per heavy atom. The van der Waals surface area contributed by atoms with Gasteiger partial charge in [0.25, 0.3) is 5.91 Å². The molecule has 0 atom stereocenters. The Morgan fingerprint density at radius 1 is 1.57 bits per heavy atom. The van der Waals surface area contributed by atoms with E-state index in [9.17, 15) is 4.79 Å². The van der Waals surface area contributed by atoms with Gasteiger partial charge in [0.05, 0.1) is 0 Å². The van der Waals surface area contributed by atoms with E-state index in [1.54, 1.807) is 31.2 Å². The van der Waals surface area contributed by atoms with E-state index in [-0.39, 0.29) is 5.91 Å². The van der Waals surface area contributed by atoms with Crippen LogP contribution in [0.15, 0.2) is 36.4 Å². The number of carbonyl (C=O) groups excluding carboxylic acids is 1. The zero-order chi connectivity index (χ0) is 10.6. The molecule has 0 fully saturated rings. The highest BCUT2D eigenvalue weighted by molar-refractivity contribution is 6.02. The Morgan fingerprint density at radius 3 is 2.86 bits per heavy atom. The number of carbonyl (C=O) groups is 1. The van der Waals surface area contributed by atoms with Crippen LogP contribution in [0.25, 0.3) is 0 Å². The van der Waals surface area contributed by atoms with Gasteiger partial charge in [0.2, 0.25) is 0 Å². The number of anilines is 1. The normalized spacial score (nSPS) is 8.86. The smallest absolute Gasteiger partial charge is 0.250 e. The average Bonchev–Trinajstić information content (AvgIpc) is 2.18. The van der Waals surface area contributed by atoms with Gasteiger partial charge < -0.3 is 5.32 Å². The molecule has 0 spiro atoms. The summed E-state index contributed by atoms with van der Waals surface area (Å²) in [5.41, 5.74) is 1.90. The molecule has 1 aromatic rings. The van der Waals surface area contributed by atoms with Crippen molar-refractivity contribution in [2.45, 2.75) is 6.92 Å². The molecule has 0 aliphatic heterocycles. The van der Waals surface area contributed by atoms with E-state index in [4.69, 9.17) is 6.42 Å². The first-order chi connectivity index (χ1) is 6.63. The lowest BCUT2D eigenvalue weighted by atomic mass is 10.2. The van der Waals surface area contributed by atoms with E-state index in [2.05, 4.69) is 17.8 Å². The molecule has 0 bridgehead atoms. The lowest BCUT2D eigenvalue weighted by Crippen LogP contribution is -2.11. The minimum Gasteiger partial charge on any atom is -0.322 e. The van der Waals surface area contributed by atoms with Crippen LogP contribution in [0, 0.1) is 12.3 Å². The quantitative estimate of drug-likeness (QED) is 0.555. The molecule has 0 saturated heterocycles. The van der Waals surface area contributed by atoms with E-state index < -0.39 is 0 Å². The molecule has 70 valence electrons. The van der Waals surface area contributed by atoms with Crippen molar-refractivity contribution in [2.75, 3.05) is 5.32 Å². The Labute approximate surface area is 83.6 Å².